The summed E-state index contributed by atoms with van der Waals surface area (Å²) in [5, 5.41) is 3.26. The van der Waals surface area contributed by atoms with E-state index in [1.165, 1.54) is 12.1 Å². The van der Waals surface area contributed by atoms with Crippen molar-refractivity contribution >= 4 is 11.6 Å². The molecule has 0 saturated carbocycles. The molecule has 0 radical (unpaired) electrons. The number of benzene rings is 2. The highest BCUT2D eigenvalue weighted by molar-refractivity contribution is 5.76. The van der Waals surface area contributed by atoms with Crippen LogP contribution in [0, 0.1) is 12.7 Å². The lowest BCUT2D eigenvalue weighted by atomic mass is 10.1. The number of primary amides is 1. The Balaban J connectivity index is 1.98. The molecule has 20 heavy (non-hydrogen) atoms. The van der Waals surface area contributed by atoms with Crippen molar-refractivity contribution < 1.29 is 9.18 Å². The van der Waals surface area contributed by atoms with Gasteiger partial charge in [-0.1, -0.05) is 18.2 Å². The quantitative estimate of drug-likeness (QED) is 0.879. The fourth-order valence-electron chi connectivity index (χ4n) is 2.00. The molecule has 0 aliphatic rings. The molecule has 2 rings (SSSR count). The number of hydrogen-bond acceptors (Lipinski definition) is 2. The number of halogens is 1. The Hall–Kier alpha value is -2.36. The molecule has 0 atom stereocenters. The fraction of sp³-hybridized carbons (Fsp3) is 0.188. The van der Waals surface area contributed by atoms with Gasteiger partial charge < -0.3 is 11.1 Å². The minimum Gasteiger partial charge on any atom is -0.381 e. The third-order valence-electron chi connectivity index (χ3n) is 3.12. The highest BCUT2D eigenvalue weighted by atomic mass is 19.1. The average molecular weight is 272 g/mol. The Morgan fingerprint density at radius 1 is 1.20 bits per heavy atom. The first-order valence-corrected chi connectivity index (χ1v) is 6.41. The Morgan fingerprint density at radius 3 is 2.50 bits per heavy atom. The maximum atomic E-state index is 13.0. The molecule has 4 heteroatoms. The lowest BCUT2D eigenvalue weighted by Crippen LogP contribution is -2.13. The second-order valence-electron chi connectivity index (χ2n) is 4.76. The Morgan fingerprint density at radius 2 is 1.90 bits per heavy atom. The SMILES string of the molecule is Cc1cc(F)ccc1CNc1ccc(CC(N)=O)cc1. The number of rotatable bonds is 5. The molecule has 0 aromatic heterocycles. The minimum absolute atomic E-state index is 0.220. The van der Waals surface area contributed by atoms with Gasteiger partial charge in [0.05, 0.1) is 6.42 Å². The molecule has 0 saturated heterocycles. The molecule has 0 aliphatic heterocycles. The smallest absolute Gasteiger partial charge is 0.221 e. The van der Waals surface area contributed by atoms with Crippen molar-refractivity contribution in [3.63, 3.8) is 0 Å². The van der Waals surface area contributed by atoms with Gasteiger partial charge >= 0.3 is 0 Å². The maximum absolute atomic E-state index is 13.0. The normalized spacial score (nSPS) is 10.3. The van der Waals surface area contributed by atoms with Crippen LogP contribution in [0.3, 0.4) is 0 Å². The lowest BCUT2D eigenvalue weighted by Gasteiger charge is -2.09. The summed E-state index contributed by atoms with van der Waals surface area (Å²) in [5.74, 6) is -0.560. The number of aryl methyl sites for hydroxylation is 1. The summed E-state index contributed by atoms with van der Waals surface area (Å²) in [6, 6.07) is 12.3. The van der Waals surface area contributed by atoms with Crippen molar-refractivity contribution in [3.05, 3.63) is 65.0 Å². The molecular weight excluding hydrogens is 255 g/mol. The van der Waals surface area contributed by atoms with E-state index in [1.54, 1.807) is 6.07 Å². The van der Waals surface area contributed by atoms with E-state index in [2.05, 4.69) is 5.32 Å². The van der Waals surface area contributed by atoms with Gasteiger partial charge in [-0.05, 0) is 47.9 Å². The van der Waals surface area contributed by atoms with Crippen molar-refractivity contribution in [2.75, 3.05) is 5.32 Å². The van der Waals surface area contributed by atoms with Crippen molar-refractivity contribution in [1.82, 2.24) is 0 Å². The molecule has 104 valence electrons. The van der Waals surface area contributed by atoms with E-state index < -0.39 is 0 Å². The zero-order chi connectivity index (χ0) is 14.5. The van der Waals surface area contributed by atoms with E-state index in [0.29, 0.717) is 6.54 Å². The molecule has 2 aromatic rings. The van der Waals surface area contributed by atoms with Gasteiger partial charge in [0.25, 0.3) is 0 Å². The molecule has 0 heterocycles. The Bertz CT molecular complexity index is 608. The number of carbonyl (C=O) groups is 1. The summed E-state index contributed by atoms with van der Waals surface area (Å²) in [6.45, 7) is 2.51. The van der Waals surface area contributed by atoms with Gasteiger partial charge in [0.1, 0.15) is 5.82 Å². The molecular formula is C16H17FN2O. The summed E-state index contributed by atoms with van der Waals surface area (Å²) in [5.41, 5.74) is 8.94. The summed E-state index contributed by atoms with van der Waals surface area (Å²) in [7, 11) is 0. The number of nitrogens with one attached hydrogen (secondary N) is 1. The number of nitrogens with two attached hydrogens (primary N) is 1. The van der Waals surface area contributed by atoms with Gasteiger partial charge in [0.15, 0.2) is 0 Å². The highest BCUT2D eigenvalue weighted by Crippen LogP contribution is 2.14. The van der Waals surface area contributed by atoms with Crippen LogP contribution in [-0.4, -0.2) is 5.91 Å². The van der Waals surface area contributed by atoms with Gasteiger partial charge in [-0.25, -0.2) is 4.39 Å². The van der Waals surface area contributed by atoms with Gasteiger partial charge in [-0.15, -0.1) is 0 Å². The molecule has 0 aliphatic carbocycles. The van der Waals surface area contributed by atoms with E-state index in [-0.39, 0.29) is 18.1 Å². The van der Waals surface area contributed by atoms with Crippen LogP contribution in [0.5, 0.6) is 0 Å². The van der Waals surface area contributed by atoms with Crippen LogP contribution in [0.2, 0.25) is 0 Å². The number of carbonyl (C=O) groups excluding carboxylic acids is 1. The summed E-state index contributed by atoms with van der Waals surface area (Å²) in [6.07, 6.45) is 0.247. The number of anilines is 1. The largest absolute Gasteiger partial charge is 0.381 e. The first-order valence-electron chi connectivity index (χ1n) is 6.41. The molecule has 0 unspecified atom stereocenters. The van der Waals surface area contributed by atoms with E-state index in [1.807, 2.05) is 31.2 Å². The highest BCUT2D eigenvalue weighted by Gasteiger charge is 2.01. The third-order valence-corrected chi connectivity index (χ3v) is 3.12. The standard InChI is InChI=1S/C16H17FN2O/c1-11-8-14(17)5-4-13(11)10-19-15-6-2-12(3-7-15)9-16(18)20/h2-8,19H,9-10H2,1H3,(H2,18,20). The van der Waals surface area contributed by atoms with Gasteiger partial charge in [0, 0.05) is 12.2 Å². The van der Waals surface area contributed by atoms with Crippen molar-refractivity contribution in [3.8, 4) is 0 Å². The second-order valence-corrected chi connectivity index (χ2v) is 4.76. The summed E-state index contributed by atoms with van der Waals surface area (Å²) < 4.78 is 13.0. The first kappa shape index (κ1) is 14.1. The predicted molar refractivity (Wildman–Crippen MR) is 77.8 cm³/mol. The van der Waals surface area contributed by atoms with E-state index >= 15 is 0 Å². The fourth-order valence-corrected chi connectivity index (χ4v) is 2.00. The monoisotopic (exact) mass is 272 g/mol. The second kappa shape index (κ2) is 6.19. The van der Waals surface area contributed by atoms with E-state index in [0.717, 1.165) is 22.4 Å². The third kappa shape index (κ3) is 3.82. The molecule has 3 N–H and O–H groups in total. The summed E-state index contributed by atoms with van der Waals surface area (Å²) >= 11 is 0. The molecule has 0 spiro atoms. The average Bonchev–Trinajstić information content (AvgIpc) is 2.39. The first-order chi connectivity index (χ1) is 9.54. The minimum atomic E-state index is -0.340. The zero-order valence-electron chi connectivity index (χ0n) is 11.3. The number of amides is 1. The molecule has 0 fully saturated rings. The van der Waals surface area contributed by atoms with Gasteiger partial charge in [-0.3, -0.25) is 4.79 Å². The predicted octanol–water partition coefficient (Wildman–Crippen LogP) is 2.77. The Labute approximate surface area is 117 Å². The molecule has 0 bridgehead atoms. The lowest BCUT2D eigenvalue weighted by molar-refractivity contribution is -0.117. The summed E-state index contributed by atoms with van der Waals surface area (Å²) in [4.78, 5) is 10.8. The van der Waals surface area contributed by atoms with E-state index in [4.69, 9.17) is 5.73 Å². The molecule has 3 nitrogen and oxygen atoms in total. The van der Waals surface area contributed by atoms with Crippen LogP contribution in [-0.2, 0) is 17.8 Å². The van der Waals surface area contributed by atoms with Crippen LogP contribution < -0.4 is 11.1 Å². The van der Waals surface area contributed by atoms with Crippen LogP contribution >= 0.6 is 0 Å². The van der Waals surface area contributed by atoms with E-state index in [9.17, 15) is 9.18 Å². The van der Waals surface area contributed by atoms with Gasteiger partial charge in [0.2, 0.25) is 5.91 Å². The van der Waals surface area contributed by atoms with Crippen molar-refractivity contribution in [2.45, 2.75) is 19.9 Å². The topological polar surface area (TPSA) is 55.1 Å². The number of hydrogen-bond donors (Lipinski definition) is 2. The van der Waals surface area contributed by atoms with Crippen LogP contribution in [0.1, 0.15) is 16.7 Å². The molecule has 1 amide bonds. The maximum Gasteiger partial charge on any atom is 0.221 e. The van der Waals surface area contributed by atoms with Crippen LogP contribution in [0.25, 0.3) is 0 Å². The van der Waals surface area contributed by atoms with Crippen molar-refractivity contribution in [1.29, 1.82) is 0 Å². The van der Waals surface area contributed by atoms with Crippen molar-refractivity contribution in [2.24, 2.45) is 5.73 Å². The molecule has 2 aromatic carbocycles. The van der Waals surface area contributed by atoms with Gasteiger partial charge in [-0.2, -0.15) is 0 Å². The zero-order valence-corrected chi connectivity index (χ0v) is 11.3. The van der Waals surface area contributed by atoms with Crippen LogP contribution in [0.4, 0.5) is 10.1 Å². The van der Waals surface area contributed by atoms with Crippen LogP contribution in [0.15, 0.2) is 42.5 Å². The Kier molecular flexibility index (Phi) is 4.35.